The molecule has 1 N–H and O–H groups in total. The molecule has 0 radical (unpaired) electrons. The third-order valence-electron chi connectivity index (χ3n) is 3.26. The van der Waals surface area contributed by atoms with Crippen molar-refractivity contribution in [2.75, 3.05) is 19.6 Å². The molecule has 16 heavy (non-hydrogen) atoms. The lowest BCUT2D eigenvalue weighted by atomic mass is 9.93. The number of carbonyl (C=O) groups excluding carboxylic acids is 1. The van der Waals surface area contributed by atoms with E-state index in [9.17, 15) is 4.79 Å². The number of hydrogen-bond donors (Lipinski definition) is 1. The van der Waals surface area contributed by atoms with Gasteiger partial charge in [-0.1, -0.05) is 20.8 Å². The molecule has 0 aliphatic carbocycles. The lowest BCUT2D eigenvalue weighted by Gasteiger charge is -2.32. The summed E-state index contributed by atoms with van der Waals surface area (Å²) < 4.78 is 0. The summed E-state index contributed by atoms with van der Waals surface area (Å²) in [7, 11) is 0. The van der Waals surface area contributed by atoms with Gasteiger partial charge in [0.05, 0.1) is 6.04 Å². The van der Waals surface area contributed by atoms with Crippen LogP contribution in [0.2, 0.25) is 0 Å². The largest absolute Gasteiger partial charge is 0.341 e. The number of nitrogens with zero attached hydrogens (tertiary/aromatic N) is 1. The standard InChI is InChI=1S/C13H26N2O/c1-4-8-15(9-5-2)13(16)12-10-11(3)6-7-14-12/h11-12,14H,4-10H2,1-3H3. The molecule has 0 aromatic rings. The first-order valence-corrected chi connectivity index (χ1v) is 6.71. The van der Waals surface area contributed by atoms with E-state index in [0.29, 0.717) is 11.8 Å². The van der Waals surface area contributed by atoms with E-state index in [-0.39, 0.29) is 6.04 Å². The van der Waals surface area contributed by atoms with Crippen molar-refractivity contribution in [3.63, 3.8) is 0 Å². The maximum absolute atomic E-state index is 12.3. The number of hydrogen-bond acceptors (Lipinski definition) is 2. The Morgan fingerprint density at radius 3 is 2.44 bits per heavy atom. The molecule has 1 aliphatic rings. The Labute approximate surface area is 99.6 Å². The van der Waals surface area contributed by atoms with Crippen LogP contribution in [0.15, 0.2) is 0 Å². The van der Waals surface area contributed by atoms with Crippen LogP contribution >= 0.6 is 0 Å². The fourth-order valence-corrected chi connectivity index (χ4v) is 2.39. The number of piperidine rings is 1. The average Bonchev–Trinajstić information content (AvgIpc) is 2.28. The van der Waals surface area contributed by atoms with E-state index in [4.69, 9.17) is 0 Å². The molecule has 1 heterocycles. The monoisotopic (exact) mass is 226 g/mol. The van der Waals surface area contributed by atoms with Crippen LogP contribution in [-0.2, 0) is 4.79 Å². The summed E-state index contributed by atoms with van der Waals surface area (Å²) in [5.41, 5.74) is 0. The van der Waals surface area contributed by atoms with Gasteiger partial charge in [-0.15, -0.1) is 0 Å². The Bertz CT molecular complexity index is 205. The summed E-state index contributed by atoms with van der Waals surface area (Å²) in [5, 5.41) is 3.36. The second-order valence-electron chi connectivity index (χ2n) is 4.96. The maximum Gasteiger partial charge on any atom is 0.239 e. The van der Waals surface area contributed by atoms with Crippen LogP contribution in [0.5, 0.6) is 0 Å². The number of carbonyl (C=O) groups is 1. The van der Waals surface area contributed by atoms with Crippen molar-refractivity contribution in [2.45, 2.75) is 52.5 Å². The van der Waals surface area contributed by atoms with Gasteiger partial charge in [0.2, 0.25) is 5.91 Å². The highest BCUT2D eigenvalue weighted by Crippen LogP contribution is 2.16. The van der Waals surface area contributed by atoms with E-state index in [1.54, 1.807) is 0 Å². The van der Waals surface area contributed by atoms with Gasteiger partial charge >= 0.3 is 0 Å². The predicted molar refractivity (Wildman–Crippen MR) is 67.4 cm³/mol. The number of nitrogens with one attached hydrogen (secondary N) is 1. The van der Waals surface area contributed by atoms with Crippen molar-refractivity contribution < 1.29 is 4.79 Å². The summed E-state index contributed by atoms with van der Waals surface area (Å²) in [6, 6.07) is 0.0712. The lowest BCUT2D eigenvalue weighted by Crippen LogP contribution is -2.50. The first kappa shape index (κ1) is 13.5. The van der Waals surface area contributed by atoms with Crippen molar-refractivity contribution >= 4 is 5.91 Å². The van der Waals surface area contributed by atoms with E-state index in [0.717, 1.165) is 38.9 Å². The highest BCUT2D eigenvalue weighted by Gasteiger charge is 2.27. The molecule has 1 aliphatic heterocycles. The van der Waals surface area contributed by atoms with Crippen LogP contribution in [-0.4, -0.2) is 36.5 Å². The van der Waals surface area contributed by atoms with Gasteiger partial charge in [-0.2, -0.15) is 0 Å². The molecular formula is C13H26N2O. The van der Waals surface area contributed by atoms with Crippen LogP contribution < -0.4 is 5.32 Å². The van der Waals surface area contributed by atoms with Gasteiger partial charge < -0.3 is 10.2 Å². The number of amides is 1. The number of rotatable bonds is 5. The second kappa shape index (κ2) is 6.89. The van der Waals surface area contributed by atoms with Gasteiger partial charge in [-0.25, -0.2) is 0 Å². The van der Waals surface area contributed by atoms with Crippen LogP contribution in [0.1, 0.15) is 46.5 Å². The molecule has 3 heteroatoms. The third kappa shape index (κ3) is 3.78. The molecule has 0 bridgehead atoms. The van der Waals surface area contributed by atoms with Gasteiger partial charge in [0.25, 0.3) is 0 Å². The fraction of sp³-hybridized carbons (Fsp3) is 0.923. The van der Waals surface area contributed by atoms with Crippen molar-refractivity contribution in [3.8, 4) is 0 Å². The fourth-order valence-electron chi connectivity index (χ4n) is 2.39. The Morgan fingerprint density at radius 1 is 1.31 bits per heavy atom. The second-order valence-corrected chi connectivity index (χ2v) is 4.96. The molecule has 1 rings (SSSR count). The van der Waals surface area contributed by atoms with E-state index in [1.807, 2.05) is 4.90 Å². The molecule has 1 saturated heterocycles. The molecule has 0 aromatic carbocycles. The summed E-state index contributed by atoms with van der Waals surface area (Å²) in [4.78, 5) is 14.3. The average molecular weight is 226 g/mol. The lowest BCUT2D eigenvalue weighted by molar-refractivity contribution is -0.134. The van der Waals surface area contributed by atoms with Gasteiger partial charge in [0.15, 0.2) is 0 Å². The molecule has 0 spiro atoms. The highest BCUT2D eigenvalue weighted by molar-refractivity contribution is 5.82. The molecule has 1 fully saturated rings. The highest BCUT2D eigenvalue weighted by atomic mass is 16.2. The Hall–Kier alpha value is -0.570. The minimum absolute atomic E-state index is 0.0712. The SMILES string of the molecule is CCCN(CCC)C(=O)C1CC(C)CCN1. The van der Waals surface area contributed by atoms with E-state index >= 15 is 0 Å². The third-order valence-corrected chi connectivity index (χ3v) is 3.26. The minimum Gasteiger partial charge on any atom is -0.341 e. The quantitative estimate of drug-likeness (QED) is 0.778. The zero-order valence-electron chi connectivity index (χ0n) is 11.0. The summed E-state index contributed by atoms with van der Waals surface area (Å²) in [6.07, 6.45) is 4.30. The van der Waals surface area contributed by atoms with Crippen LogP contribution in [0.25, 0.3) is 0 Å². The van der Waals surface area contributed by atoms with Crippen LogP contribution in [0.4, 0.5) is 0 Å². The molecule has 2 unspecified atom stereocenters. The van der Waals surface area contributed by atoms with Crippen molar-refractivity contribution in [1.29, 1.82) is 0 Å². The van der Waals surface area contributed by atoms with E-state index in [2.05, 4.69) is 26.1 Å². The Balaban J connectivity index is 2.51. The first-order chi connectivity index (χ1) is 7.69. The van der Waals surface area contributed by atoms with Crippen molar-refractivity contribution in [2.24, 2.45) is 5.92 Å². The summed E-state index contributed by atoms with van der Waals surface area (Å²) in [6.45, 7) is 9.30. The molecule has 2 atom stereocenters. The zero-order chi connectivity index (χ0) is 12.0. The Morgan fingerprint density at radius 2 is 1.94 bits per heavy atom. The van der Waals surface area contributed by atoms with Crippen molar-refractivity contribution in [3.05, 3.63) is 0 Å². The maximum atomic E-state index is 12.3. The smallest absolute Gasteiger partial charge is 0.239 e. The molecule has 94 valence electrons. The molecule has 3 nitrogen and oxygen atoms in total. The predicted octanol–water partition coefficient (Wildman–Crippen LogP) is 2.02. The Kier molecular flexibility index (Phi) is 5.81. The molecule has 0 saturated carbocycles. The minimum atomic E-state index is 0.0712. The summed E-state index contributed by atoms with van der Waals surface area (Å²) >= 11 is 0. The van der Waals surface area contributed by atoms with Crippen LogP contribution in [0.3, 0.4) is 0 Å². The van der Waals surface area contributed by atoms with Gasteiger partial charge in [-0.05, 0) is 38.1 Å². The molecular weight excluding hydrogens is 200 g/mol. The van der Waals surface area contributed by atoms with Gasteiger partial charge in [-0.3, -0.25) is 4.79 Å². The van der Waals surface area contributed by atoms with Gasteiger partial charge in [0, 0.05) is 13.1 Å². The normalized spacial score (nSPS) is 25.4. The molecule has 1 amide bonds. The summed E-state index contributed by atoms with van der Waals surface area (Å²) in [5.74, 6) is 0.996. The first-order valence-electron chi connectivity index (χ1n) is 6.71. The van der Waals surface area contributed by atoms with E-state index < -0.39 is 0 Å². The molecule has 0 aromatic heterocycles. The van der Waals surface area contributed by atoms with Gasteiger partial charge in [0.1, 0.15) is 0 Å². The zero-order valence-corrected chi connectivity index (χ0v) is 11.0. The van der Waals surface area contributed by atoms with Crippen LogP contribution in [0, 0.1) is 5.92 Å². The van der Waals surface area contributed by atoms with Crippen molar-refractivity contribution in [1.82, 2.24) is 10.2 Å². The topological polar surface area (TPSA) is 32.3 Å². The van der Waals surface area contributed by atoms with E-state index in [1.165, 1.54) is 6.42 Å².